The topological polar surface area (TPSA) is 102 Å². The quantitative estimate of drug-likeness (QED) is 0.616. The van der Waals surface area contributed by atoms with Crippen molar-refractivity contribution >= 4 is 17.8 Å². The predicted molar refractivity (Wildman–Crippen MR) is 85.3 cm³/mol. The second-order valence-electron chi connectivity index (χ2n) is 7.13. The highest BCUT2D eigenvalue weighted by molar-refractivity contribution is 5.90. The number of hydrogen-bond donors (Lipinski definition) is 2. The molecule has 0 aromatic carbocycles. The third-order valence-electron chi connectivity index (χ3n) is 3.01. The Morgan fingerprint density at radius 1 is 1.16 bits per heavy atom. The molecule has 0 aliphatic heterocycles. The first kappa shape index (κ1) is 23.2. The highest BCUT2D eigenvalue weighted by Gasteiger charge is 2.30. The molecule has 0 fully saturated rings. The SMILES string of the molecule is CC(C)C[C@H](NC(=O)OC(C)(C)C)C(=O)C[C@@H](COC(F)F)C(=O)O. The van der Waals surface area contributed by atoms with Crippen LogP contribution in [0.1, 0.15) is 47.5 Å². The summed E-state index contributed by atoms with van der Waals surface area (Å²) in [6.45, 7) is 4.72. The number of ether oxygens (including phenoxy) is 2. The molecule has 0 aliphatic carbocycles. The second-order valence-corrected chi connectivity index (χ2v) is 7.13. The largest absolute Gasteiger partial charge is 0.481 e. The number of aliphatic carboxylic acids is 1. The Kier molecular flexibility index (Phi) is 9.55. The van der Waals surface area contributed by atoms with Crippen molar-refractivity contribution in [3.8, 4) is 0 Å². The minimum Gasteiger partial charge on any atom is -0.481 e. The average molecular weight is 367 g/mol. The summed E-state index contributed by atoms with van der Waals surface area (Å²) in [7, 11) is 0. The number of carbonyl (C=O) groups excluding carboxylic acids is 2. The van der Waals surface area contributed by atoms with Crippen molar-refractivity contribution in [1.82, 2.24) is 5.32 Å². The molecule has 0 aliphatic rings. The maximum atomic E-state index is 12.4. The van der Waals surface area contributed by atoms with Crippen molar-refractivity contribution in [2.24, 2.45) is 11.8 Å². The molecule has 0 saturated carbocycles. The second kappa shape index (κ2) is 10.3. The van der Waals surface area contributed by atoms with Crippen molar-refractivity contribution < 1.29 is 37.7 Å². The molecule has 0 spiro atoms. The molecule has 0 unspecified atom stereocenters. The molecule has 7 nitrogen and oxygen atoms in total. The summed E-state index contributed by atoms with van der Waals surface area (Å²) in [6, 6.07) is -0.969. The molecule has 2 atom stereocenters. The van der Waals surface area contributed by atoms with E-state index in [4.69, 9.17) is 9.84 Å². The average Bonchev–Trinajstić information content (AvgIpc) is 2.39. The van der Waals surface area contributed by atoms with Crippen molar-refractivity contribution in [3.05, 3.63) is 0 Å². The lowest BCUT2D eigenvalue weighted by Crippen LogP contribution is -2.45. The zero-order chi connectivity index (χ0) is 19.8. The lowest BCUT2D eigenvalue weighted by atomic mass is 9.94. The lowest BCUT2D eigenvalue weighted by molar-refractivity contribution is -0.161. The van der Waals surface area contributed by atoms with Crippen molar-refractivity contribution in [3.63, 3.8) is 0 Å². The minimum atomic E-state index is -3.12. The number of amides is 1. The first-order chi connectivity index (χ1) is 11.3. The van der Waals surface area contributed by atoms with Crippen LogP contribution in [0.5, 0.6) is 0 Å². The highest BCUT2D eigenvalue weighted by atomic mass is 19.3. The van der Waals surface area contributed by atoms with Crippen molar-refractivity contribution in [2.75, 3.05) is 6.61 Å². The van der Waals surface area contributed by atoms with Gasteiger partial charge < -0.3 is 19.9 Å². The van der Waals surface area contributed by atoms with Gasteiger partial charge in [-0.2, -0.15) is 8.78 Å². The number of alkyl halides is 2. The molecule has 146 valence electrons. The number of carboxylic acid groups (broad SMARTS) is 1. The first-order valence-corrected chi connectivity index (χ1v) is 7.96. The van der Waals surface area contributed by atoms with Gasteiger partial charge in [-0.1, -0.05) is 13.8 Å². The van der Waals surface area contributed by atoms with Gasteiger partial charge in [0.05, 0.1) is 18.6 Å². The van der Waals surface area contributed by atoms with E-state index < -0.39 is 55.0 Å². The fraction of sp³-hybridized carbons (Fsp3) is 0.812. The molecule has 25 heavy (non-hydrogen) atoms. The maximum Gasteiger partial charge on any atom is 0.408 e. The zero-order valence-electron chi connectivity index (χ0n) is 15.2. The van der Waals surface area contributed by atoms with Crippen LogP contribution in [0.4, 0.5) is 13.6 Å². The fourth-order valence-corrected chi connectivity index (χ4v) is 1.98. The summed E-state index contributed by atoms with van der Waals surface area (Å²) < 4.78 is 33.2. The van der Waals surface area contributed by atoms with E-state index in [-0.39, 0.29) is 12.3 Å². The van der Waals surface area contributed by atoms with Gasteiger partial charge in [0.1, 0.15) is 5.60 Å². The molecule has 0 heterocycles. The van der Waals surface area contributed by atoms with Gasteiger partial charge >= 0.3 is 18.7 Å². The minimum absolute atomic E-state index is 0.0319. The summed E-state index contributed by atoms with van der Waals surface area (Å²) in [5.74, 6) is -3.39. The van der Waals surface area contributed by atoms with Crippen LogP contribution in [0.3, 0.4) is 0 Å². The summed E-state index contributed by atoms with van der Waals surface area (Å²) in [4.78, 5) is 35.3. The monoisotopic (exact) mass is 367 g/mol. The Balaban J connectivity index is 4.96. The molecule has 0 rings (SSSR count). The Hall–Kier alpha value is -1.77. The summed E-state index contributed by atoms with van der Waals surface area (Å²) in [5, 5.41) is 11.5. The molecule has 0 radical (unpaired) electrons. The normalized spacial score (nSPS) is 14.3. The zero-order valence-corrected chi connectivity index (χ0v) is 15.2. The maximum absolute atomic E-state index is 12.4. The van der Waals surface area contributed by atoms with E-state index in [2.05, 4.69) is 10.1 Å². The number of hydrogen-bond acceptors (Lipinski definition) is 5. The molecule has 0 bridgehead atoms. The van der Waals surface area contributed by atoms with E-state index in [0.717, 1.165) is 0 Å². The molecule has 0 aromatic heterocycles. The van der Waals surface area contributed by atoms with E-state index in [1.54, 1.807) is 20.8 Å². The van der Waals surface area contributed by atoms with Gasteiger partial charge in [0.25, 0.3) is 0 Å². The van der Waals surface area contributed by atoms with Crippen LogP contribution >= 0.6 is 0 Å². The number of carbonyl (C=O) groups is 3. The number of Topliss-reactive ketones (excluding diaryl/α,β-unsaturated/α-hetero) is 1. The van der Waals surface area contributed by atoms with Gasteiger partial charge in [-0.15, -0.1) is 0 Å². The molecule has 0 saturated heterocycles. The van der Waals surface area contributed by atoms with E-state index in [9.17, 15) is 23.2 Å². The molecular weight excluding hydrogens is 340 g/mol. The van der Waals surface area contributed by atoms with Crippen molar-refractivity contribution in [1.29, 1.82) is 0 Å². The predicted octanol–water partition coefficient (Wildman–Crippen LogP) is 2.83. The van der Waals surface area contributed by atoms with Gasteiger partial charge in [-0.05, 0) is 33.1 Å². The van der Waals surface area contributed by atoms with Gasteiger partial charge in [0.15, 0.2) is 5.78 Å². The van der Waals surface area contributed by atoms with E-state index >= 15 is 0 Å². The van der Waals surface area contributed by atoms with Crippen LogP contribution in [0.25, 0.3) is 0 Å². The number of ketones is 1. The Bertz CT molecular complexity index is 462. The van der Waals surface area contributed by atoms with Gasteiger partial charge in [-0.3, -0.25) is 9.59 Å². The van der Waals surface area contributed by atoms with Crippen LogP contribution < -0.4 is 5.32 Å². The van der Waals surface area contributed by atoms with Gasteiger partial charge in [-0.25, -0.2) is 4.79 Å². The van der Waals surface area contributed by atoms with Crippen LogP contribution in [-0.4, -0.2) is 47.8 Å². The molecule has 1 amide bonds. The molecule has 0 aromatic rings. The Morgan fingerprint density at radius 3 is 2.12 bits per heavy atom. The van der Waals surface area contributed by atoms with Gasteiger partial charge in [0.2, 0.25) is 0 Å². The Labute approximate surface area is 146 Å². The van der Waals surface area contributed by atoms with Crippen LogP contribution in [0.2, 0.25) is 0 Å². The molecular formula is C16H27F2NO6. The fourth-order valence-electron chi connectivity index (χ4n) is 1.98. The van der Waals surface area contributed by atoms with E-state index in [0.29, 0.717) is 0 Å². The molecule has 2 N–H and O–H groups in total. The standard InChI is InChI=1S/C16H27F2NO6/c1-9(2)6-11(19-15(23)25-16(3,4)5)12(20)7-10(13(21)22)8-24-14(17)18/h9-11,14H,6-8H2,1-5H3,(H,19,23)(H,21,22)/t10-,11-/m0/s1. The van der Waals surface area contributed by atoms with Crippen LogP contribution in [-0.2, 0) is 19.1 Å². The molecule has 9 heteroatoms. The highest BCUT2D eigenvalue weighted by Crippen LogP contribution is 2.15. The number of halogens is 2. The number of alkyl carbamates (subject to hydrolysis) is 1. The lowest BCUT2D eigenvalue weighted by Gasteiger charge is -2.24. The van der Waals surface area contributed by atoms with E-state index in [1.807, 2.05) is 13.8 Å². The van der Waals surface area contributed by atoms with E-state index in [1.165, 1.54) is 0 Å². The summed E-state index contributed by atoms with van der Waals surface area (Å²) in [5.41, 5.74) is -0.760. The third kappa shape index (κ3) is 11.4. The number of rotatable bonds is 10. The van der Waals surface area contributed by atoms with Crippen LogP contribution in [0.15, 0.2) is 0 Å². The van der Waals surface area contributed by atoms with Gasteiger partial charge in [0, 0.05) is 6.42 Å². The summed E-state index contributed by atoms with van der Waals surface area (Å²) >= 11 is 0. The Morgan fingerprint density at radius 2 is 1.72 bits per heavy atom. The van der Waals surface area contributed by atoms with Crippen molar-refractivity contribution in [2.45, 2.75) is 65.7 Å². The smallest absolute Gasteiger partial charge is 0.408 e. The van der Waals surface area contributed by atoms with Crippen LogP contribution in [0, 0.1) is 11.8 Å². The number of carboxylic acids is 1. The third-order valence-corrected chi connectivity index (χ3v) is 3.01. The number of nitrogens with one attached hydrogen (secondary N) is 1. The first-order valence-electron chi connectivity index (χ1n) is 7.96. The summed E-state index contributed by atoms with van der Waals surface area (Å²) in [6.07, 6.45) is -1.07.